The van der Waals surface area contributed by atoms with Crippen LogP contribution in [0.5, 0.6) is 0 Å². The van der Waals surface area contributed by atoms with Crippen molar-refractivity contribution >= 4 is 0 Å². The average Bonchev–Trinajstić information content (AvgIpc) is 3.06. The molecule has 2 aromatic heterocycles. The molecule has 1 atom stereocenters. The Kier molecular flexibility index (Phi) is 4.13. The van der Waals surface area contributed by atoms with Crippen LogP contribution in [0.25, 0.3) is 0 Å². The van der Waals surface area contributed by atoms with E-state index in [0.29, 0.717) is 12.1 Å². The van der Waals surface area contributed by atoms with Gasteiger partial charge in [-0.3, -0.25) is 9.58 Å². The summed E-state index contributed by atoms with van der Waals surface area (Å²) in [5, 5.41) is 4.75. The van der Waals surface area contributed by atoms with E-state index in [1.807, 2.05) is 0 Å². The molecule has 0 fully saturated rings. The first-order valence-electron chi connectivity index (χ1n) is 8.46. The van der Waals surface area contributed by atoms with E-state index < -0.39 is 0 Å². The molecule has 1 aliphatic heterocycles. The maximum Gasteiger partial charge on any atom is 0.0641 e. The molecule has 0 aliphatic carbocycles. The van der Waals surface area contributed by atoms with Crippen LogP contribution in [0.4, 0.5) is 0 Å². The van der Waals surface area contributed by atoms with Crippen molar-refractivity contribution in [3.05, 3.63) is 41.0 Å². The first-order chi connectivity index (χ1) is 10.5. The molecule has 0 N–H and O–H groups in total. The molecule has 1 aliphatic rings. The lowest BCUT2D eigenvalue weighted by Gasteiger charge is -2.36. The van der Waals surface area contributed by atoms with E-state index in [-0.39, 0.29) is 0 Å². The highest BCUT2D eigenvalue weighted by Gasteiger charge is 2.27. The smallest absolute Gasteiger partial charge is 0.0641 e. The second-order valence-electron chi connectivity index (χ2n) is 6.71. The molecule has 22 heavy (non-hydrogen) atoms. The van der Waals surface area contributed by atoms with Crippen molar-refractivity contribution in [1.82, 2.24) is 19.2 Å². The molecule has 1 unspecified atom stereocenters. The molecule has 2 aromatic rings. The lowest BCUT2D eigenvalue weighted by atomic mass is 10.0. The number of fused-ring (bicyclic) bond motifs is 1. The fourth-order valence-corrected chi connectivity index (χ4v) is 3.80. The summed E-state index contributed by atoms with van der Waals surface area (Å²) in [5.41, 5.74) is 5.37. The molecule has 4 nitrogen and oxygen atoms in total. The van der Waals surface area contributed by atoms with Gasteiger partial charge in [0.2, 0.25) is 0 Å². The van der Waals surface area contributed by atoms with Crippen LogP contribution in [0.15, 0.2) is 18.3 Å². The first-order valence-corrected chi connectivity index (χ1v) is 8.46. The molecular formula is C18H28N4. The lowest BCUT2D eigenvalue weighted by Crippen LogP contribution is -2.37. The van der Waals surface area contributed by atoms with Crippen molar-refractivity contribution in [2.24, 2.45) is 0 Å². The van der Waals surface area contributed by atoms with E-state index in [2.05, 4.69) is 67.1 Å². The van der Waals surface area contributed by atoms with E-state index in [0.717, 1.165) is 26.1 Å². The van der Waals surface area contributed by atoms with Crippen molar-refractivity contribution in [2.45, 2.75) is 66.2 Å². The Labute approximate surface area is 133 Å². The third kappa shape index (κ3) is 2.50. The topological polar surface area (TPSA) is 26.0 Å². The quantitative estimate of drug-likeness (QED) is 0.857. The molecule has 0 aromatic carbocycles. The van der Waals surface area contributed by atoms with Gasteiger partial charge in [0, 0.05) is 48.8 Å². The van der Waals surface area contributed by atoms with Crippen LogP contribution in [0.2, 0.25) is 0 Å². The number of rotatable bonds is 4. The summed E-state index contributed by atoms with van der Waals surface area (Å²) < 4.78 is 4.57. The predicted octanol–water partition coefficient (Wildman–Crippen LogP) is 3.85. The Balaban J connectivity index is 1.88. The van der Waals surface area contributed by atoms with E-state index in [1.165, 1.54) is 22.6 Å². The molecule has 0 saturated heterocycles. The first kappa shape index (κ1) is 15.3. The largest absolute Gasteiger partial charge is 0.349 e. The van der Waals surface area contributed by atoms with Crippen LogP contribution in [0.1, 0.15) is 61.9 Å². The van der Waals surface area contributed by atoms with Gasteiger partial charge in [-0.15, -0.1) is 0 Å². The van der Waals surface area contributed by atoms with Crippen molar-refractivity contribution in [3.63, 3.8) is 0 Å². The monoisotopic (exact) mass is 300 g/mol. The molecule has 0 radical (unpaired) electrons. The predicted molar refractivity (Wildman–Crippen MR) is 90.0 cm³/mol. The second-order valence-corrected chi connectivity index (χ2v) is 6.71. The molecule has 0 bridgehead atoms. The van der Waals surface area contributed by atoms with Crippen LogP contribution in [0.3, 0.4) is 0 Å². The van der Waals surface area contributed by atoms with Gasteiger partial charge in [0.1, 0.15) is 0 Å². The van der Waals surface area contributed by atoms with Gasteiger partial charge < -0.3 is 4.57 Å². The van der Waals surface area contributed by atoms with E-state index in [1.54, 1.807) is 0 Å². The maximum absolute atomic E-state index is 4.75. The Hall–Kier alpha value is -1.55. The summed E-state index contributed by atoms with van der Waals surface area (Å²) in [6.45, 7) is 14.3. The SMILES string of the molecule is CCC1c2cccn2CCN1Cc1c(C)nn(C(C)C)c1C. The van der Waals surface area contributed by atoms with E-state index >= 15 is 0 Å². The summed E-state index contributed by atoms with van der Waals surface area (Å²) >= 11 is 0. The Morgan fingerprint density at radius 3 is 2.68 bits per heavy atom. The summed E-state index contributed by atoms with van der Waals surface area (Å²) in [4.78, 5) is 2.62. The number of aromatic nitrogens is 3. The Bertz CT molecular complexity index is 650. The highest BCUT2D eigenvalue weighted by Crippen LogP contribution is 2.31. The standard InChI is InChI=1S/C18H28N4/c1-6-17-18-8-7-9-20(18)10-11-21(17)12-16-14(4)19-22(13(2)3)15(16)5/h7-9,13,17H,6,10-12H2,1-5H3. The van der Waals surface area contributed by atoms with Gasteiger partial charge in [0.05, 0.1) is 11.7 Å². The maximum atomic E-state index is 4.75. The van der Waals surface area contributed by atoms with Crippen molar-refractivity contribution in [2.75, 3.05) is 6.54 Å². The van der Waals surface area contributed by atoms with Crippen LogP contribution in [0, 0.1) is 13.8 Å². The molecule has 3 heterocycles. The van der Waals surface area contributed by atoms with Gasteiger partial charge in [-0.1, -0.05) is 6.92 Å². The molecule has 0 amide bonds. The zero-order valence-electron chi connectivity index (χ0n) is 14.5. The average molecular weight is 300 g/mol. The minimum absolute atomic E-state index is 0.424. The minimum atomic E-state index is 0.424. The Morgan fingerprint density at radius 2 is 2.05 bits per heavy atom. The number of hydrogen-bond acceptors (Lipinski definition) is 2. The Morgan fingerprint density at radius 1 is 1.27 bits per heavy atom. The fraction of sp³-hybridized carbons (Fsp3) is 0.611. The van der Waals surface area contributed by atoms with E-state index in [9.17, 15) is 0 Å². The summed E-state index contributed by atoms with van der Waals surface area (Å²) in [6, 6.07) is 5.39. The second kappa shape index (κ2) is 5.92. The van der Waals surface area contributed by atoms with Crippen molar-refractivity contribution < 1.29 is 0 Å². The molecule has 120 valence electrons. The number of nitrogens with zero attached hydrogens (tertiary/aromatic N) is 4. The van der Waals surface area contributed by atoms with Crippen molar-refractivity contribution in [1.29, 1.82) is 0 Å². The van der Waals surface area contributed by atoms with Crippen molar-refractivity contribution in [3.8, 4) is 0 Å². The molecule has 0 saturated carbocycles. The number of aryl methyl sites for hydroxylation is 1. The van der Waals surface area contributed by atoms with E-state index in [4.69, 9.17) is 5.10 Å². The van der Waals surface area contributed by atoms with Gasteiger partial charge in [0.15, 0.2) is 0 Å². The van der Waals surface area contributed by atoms with Crippen LogP contribution >= 0.6 is 0 Å². The highest BCUT2D eigenvalue weighted by molar-refractivity contribution is 5.26. The molecule has 0 spiro atoms. The zero-order chi connectivity index (χ0) is 15.9. The normalized spacial score (nSPS) is 18.9. The lowest BCUT2D eigenvalue weighted by molar-refractivity contribution is 0.143. The molecular weight excluding hydrogens is 272 g/mol. The van der Waals surface area contributed by atoms with Crippen LogP contribution < -0.4 is 0 Å². The fourth-order valence-electron chi connectivity index (χ4n) is 3.80. The molecule has 3 rings (SSSR count). The number of hydrogen-bond donors (Lipinski definition) is 0. The zero-order valence-corrected chi connectivity index (χ0v) is 14.5. The third-order valence-corrected chi connectivity index (χ3v) is 4.99. The third-order valence-electron chi connectivity index (χ3n) is 4.99. The summed E-state index contributed by atoms with van der Waals surface area (Å²) in [7, 11) is 0. The van der Waals surface area contributed by atoms with Gasteiger partial charge in [-0.2, -0.15) is 5.10 Å². The van der Waals surface area contributed by atoms with Gasteiger partial charge >= 0.3 is 0 Å². The molecule has 4 heteroatoms. The highest BCUT2D eigenvalue weighted by atomic mass is 15.3. The summed E-state index contributed by atoms with van der Waals surface area (Å²) in [6.07, 6.45) is 3.36. The van der Waals surface area contributed by atoms with Gasteiger partial charge in [-0.05, 0) is 46.2 Å². The minimum Gasteiger partial charge on any atom is -0.349 e. The van der Waals surface area contributed by atoms with Gasteiger partial charge in [-0.25, -0.2) is 0 Å². The van der Waals surface area contributed by atoms with Crippen LogP contribution in [-0.4, -0.2) is 25.8 Å². The van der Waals surface area contributed by atoms with Gasteiger partial charge in [0.25, 0.3) is 0 Å². The van der Waals surface area contributed by atoms with Crippen LogP contribution in [-0.2, 0) is 13.1 Å². The summed E-state index contributed by atoms with van der Waals surface area (Å²) in [5.74, 6) is 0.